The summed E-state index contributed by atoms with van der Waals surface area (Å²) in [5.41, 5.74) is 0.0651. The van der Waals surface area contributed by atoms with Crippen LogP contribution in [0.3, 0.4) is 0 Å². The second-order valence-corrected chi connectivity index (χ2v) is 8.86. The van der Waals surface area contributed by atoms with E-state index < -0.39 is 0 Å². The highest BCUT2D eigenvalue weighted by atomic mass is 16.5. The summed E-state index contributed by atoms with van der Waals surface area (Å²) < 4.78 is 4.92. The van der Waals surface area contributed by atoms with Crippen LogP contribution in [-0.2, 0) is 9.53 Å². The minimum atomic E-state index is -0.353. The monoisotopic (exact) mass is 282 g/mol. The first-order valence-corrected chi connectivity index (χ1v) is 8.06. The molecular weight excluding hydrogens is 248 g/mol. The summed E-state index contributed by atoms with van der Waals surface area (Å²) in [5, 5.41) is 0. The molecule has 1 aliphatic rings. The highest BCUT2D eigenvalue weighted by molar-refractivity contribution is 5.75. The molecule has 0 amide bonds. The molecule has 0 aromatic heterocycles. The van der Waals surface area contributed by atoms with E-state index in [1.807, 2.05) is 13.8 Å². The SMILES string of the molecule is COC(=O)C(C)(C)C[C@H](C)C1CC1[C@@H](C)CC(C)(C)C. The van der Waals surface area contributed by atoms with Crippen LogP contribution in [0.25, 0.3) is 0 Å². The fraction of sp³-hybridized carbons (Fsp3) is 0.944. The minimum Gasteiger partial charge on any atom is -0.469 e. The average molecular weight is 282 g/mol. The van der Waals surface area contributed by atoms with Gasteiger partial charge in [0.1, 0.15) is 0 Å². The molecule has 0 aliphatic heterocycles. The summed E-state index contributed by atoms with van der Waals surface area (Å²) in [6.07, 6.45) is 3.57. The lowest BCUT2D eigenvalue weighted by Gasteiger charge is -2.27. The molecule has 2 heteroatoms. The molecule has 118 valence electrons. The Morgan fingerprint density at radius 1 is 1.05 bits per heavy atom. The van der Waals surface area contributed by atoms with E-state index in [1.165, 1.54) is 20.0 Å². The lowest BCUT2D eigenvalue weighted by molar-refractivity contribution is -0.151. The second-order valence-electron chi connectivity index (χ2n) is 8.86. The van der Waals surface area contributed by atoms with Crippen LogP contribution in [0.4, 0.5) is 0 Å². The van der Waals surface area contributed by atoms with Crippen molar-refractivity contribution in [3.05, 3.63) is 0 Å². The van der Waals surface area contributed by atoms with E-state index in [2.05, 4.69) is 34.6 Å². The van der Waals surface area contributed by atoms with Crippen LogP contribution in [0, 0.1) is 34.5 Å². The maximum atomic E-state index is 11.8. The topological polar surface area (TPSA) is 26.3 Å². The van der Waals surface area contributed by atoms with Gasteiger partial charge in [0.05, 0.1) is 12.5 Å². The number of ether oxygens (including phenoxy) is 1. The first-order valence-electron chi connectivity index (χ1n) is 8.06. The summed E-state index contributed by atoms with van der Waals surface area (Å²) in [6.45, 7) is 15.7. The zero-order valence-electron chi connectivity index (χ0n) is 14.7. The number of hydrogen-bond donors (Lipinski definition) is 0. The van der Waals surface area contributed by atoms with Crippen LogP contribution in [0.15, 0.2) is 0 Å². The van der Waals surface area contributed by atoms with E-state index in [0.717, 1.165) is 24.2 Å². The predicted molar refractivity (Wildman–Crippen MR) is 84.4 cm³/mol. The Morgan fingerprint density at radius 2 is 1.50 bits per heavy atom. The van der Waals surface area contributed by atoms with Gasteiger partial charge in [-0.2, -0.15) is 0 Å². The highest BCUT2D eigenvalue weighted by Gasteiger charge is 2.46. The molecule has 2 nitrogen and oxygen atoms in total. The number of rotatable bonds is 6. The summed E-state index contributed by atoms with van der Waals surface area (Å²) in [7, 11) is 1.49. The zero-order chi connectivity index (χ0) is 15.7. The van der Waals surface area contributed by atoms with Crippen LogP contribution in [0.1, 0.15) is 67.7 Å². The number of carbonyl (C=O) groups excluding carboxylic acids is 1. The summed E-state index contributed by atoms with van der Waals surface area (Å²) >= 11 is 0. The molecule has 0 spiro atoms. The van der Waals surface area contributed by atoms with Crippen LogP contribution in [-0.4, -0.2) is 13.1 Å². The molecule has 1 fully saturated rings. The van der Waals surface area contributed by atoms with E-state index in [4.69, 9.17) is 4.74 Å². The van der Waals surface area contributed by atoms with E-state index in [1.54, 1.807) is 0 Å². The van der Waals surface area contributed by atoms with Gasteiger partial charge < -0.3 is 4.74 Å². The standard InChI is InChI=1S/C18H34O2/c1-12(10-17(3,4)5)14-9-15(14)13(2)11-18(6,7)16(19)20-8/h12-15H,9-11H2,1-8H3/t12-,13-,14?,15?/m0/s1. The molecule has 0 aromatic carbocycles. The first-order chi connectivity index (χ1) is 8.98. The lowest BCUT2D eigenvalue weighted by atomic mass is 9.79. The van der Waals surface area contributed by atoms with Crippen molar-refractivity contribution >= 4 is 5.97 Å². The third kappa shape index (κ3) is 4.79. The Morgan fingerprint density at radius 3 is 1.90 bits per heavy atom. The Hall–Kier alpha value is -0.530. The first kappa shape index (κ1) is 17.5. The van der Waals surface area contributed by atoms with Crippen molar-refractivity contribution in [3.8, 4) is 0 Å². The van der Waals surface area contributed by atoms with Crippen LogP contribution >= 0.6 is 0 Å². The molecule has 1 aliphatic carbocycles. The second kappa shape index (κ2) is 6.07. The van der Waals surface area contributed by atoms with Crippen molar-refractivity contribution in [2.45, 2.75) is 67.7 Å². The molecule has 1 rings (SSSR count). The Balaban J connectivity index is 2.48. The van der Waals surface area contributed by atoms with Gasteiger partial charge in [0.15, 0.2) is 0 Å². The van der Waals surface area contributed by atoms with Crippen molar-refractivity contribution in [1.29, 1.82) is 0 Å². The quantitative estimate of drug-likeness (QED) is 0.646. The third-order valence-corrected chi connectivity index (χ3v) is 4.86. The molecule has 0 N–H and O–H groups in total. The normalized spacial score (nSPS) is 26.0. The summed E-state index contributed by atoms with van der Waals surface area (Å²) in [5.74, 6) is 2.98. The molecule has 1 saturated carbocycles. The van der Waals surface area contributed by atoms with E-state index in [9.17, 15) is 4.79 Å². The molecule has 0 aromatic rings. The van der Waals surface area contributed by atoms with Gasteiger partial charge in [0, 0.05) is 0 Å². The minimum absolute atomic E-state index is 0.0794. The van der Waals surface area contributed by atoms with Gasteiger partial charge in [-0.15, -0.1) is 0 Å². The molecule has 2 unspecified atom stereocenters. The highest BCUT2D eigenvalue weighted by Crippen LogP contribution is 2.53. The van der Waals surface area contributed by atoms with E-state index in [0.29, 0.717) is 11.3 Å². The van der Waals surface area contributed by atoms with Gasteiger partial charge in [-0.1, -0.05) is 34.6 Å². The van der Waals surface area contributed by atoms with Crippen molar-refractivity contribution in [1.82, 2.24) is 0 Å². The maximum absolute atomic E-state index is 11.8. The van der Waals surface area contributed by atoms with Gasteiger partial charge >= 0.3 is 5.97 Å². The molecular formula is C18H34O2. The molecule has 0 radical (unpaired) electrons. The van der Waals surface area contributed by atoms with Crippen LogP contribution in [0.2, 0.25) is 0 Å². The van der Waals surface area contributed by atoms with Gasteiger partial charge in [-0.25, -0.2) is 0 Å². The van der Waals surface area contributed by atoms with E-state index in [-0.39, 0.29) is 11.4 Å². The Labute approximate surface area is 125 Å². The number of esters is 1. The van der Waals surface area contributed by atoms with Gasteiger partial charge in [0.2, 0.25) is 0 Å². The molecule has 4 atom stereocenters. The number of methoxy groups -OCH3 is 1. The van der Waals surface area contributed by atoms with Crippen molar-refractivity contribution in [2.24, 2.45) is 34.5 Å². The van der Waals surface area contributed by atoms with Crippen molar-refractivity contribution in [2.75, 3.05) is 7.11 Å². The number of carbonyl (C=O) groups is 1. The average Bonchev–Trinajstić information content (AvgIpc) is 3.04. The molecule has 0 saturated heterocycles. The number of hydrogen-bond acceptors (Lipinski definition) is 2. The summed E-state index contributed by atoms with van der Waals surface area (Å²) in [6, 6.07) is 0. The van der Waals surface area contributed by atoms with Crippen molar-refractivity contribution < 1.29 is 9.53 Å². The molecule has 0 bridgehead atoms. The van der Waals surface area contributed by atoms with Crippen molar-refractivity contribution in [3.63, 3.8) is 0 Å². The fourth-order valence-electron chi connectivity index (χ4n) is 3.98. The lowest BCUT2D eigenvalue weighted by Crippen LogP contribution is -2.28. The van der Waals surface area contributed by atoms with Gasteiger partial charge in [-0.3, -0.25) is 4.79 Å². The fourth-order valence-corrected chi connectivity index (χ4v) is 3.98. The van der Waals surface area contributed by atoms with Crippen LogP contribution < -0.4 is 0 Å². The Bertz CT molecular complexity index is 338. The zero-order valence-corrected chi connectivity index (χ0v) is 14.7. The maximum Gasteiger partial charge on any atom is 0.311 e. The molecule has 0 heterocycles. The Kier molecular flexibility index (Phi) is 5.32. The largest absolute Gasteiger partial charge is 0.469 e. The smallest absolute Gasteiger partial charge is 0.311 e. The summed E-state index contributed by atoms with van der Waals surface area (Å²) in [4.78, 5) is 11.8. The molecule has 20 heavy (non-hydrogen) atoms. The predicted octanol–water partition coefficient (Wildman–Crippen LogP) is 4.92. The van der Waals surface area contributed by atoms with Crippen LogP contribution in [0.5, 0.6) is 0 Å². The van der Waals surface area contributed by atoms with Gasteiger partial charge in [-0.05, 0) is 62.2 Å². The van der Waals surface area contributed by atoms with E-state index >= 15 is 0 Å². The van der Waals surface area contributed by atoms with Gasteiger partial charge in [0.25, 0.3) is 0 Å². The third-order valence-electron chi connectivity index (χ3n) is 4.86.